The number of terminal acetylenes is 1. The summed E-state index contributed by atoms with van der Waals surface area (Å²) in [6.07, 6.45) is 9.66. The van der Waals surface area contributed by atoms with Crippen LogP contribution in [0.5, 0.6) is 0 Å². The summed E-state index contributed by atoms with van der Waals surface area (Å²) in [5.41, 5.74) is 3.02. The van der Waals surface area contributed by atoms with E-state index in [0.29, 0.717) is 0 Å². The highest BCUT2D eigenvalue weighted by molar-refractivity contribution is 6.86. The highest BCUT2D eigenvalue weighted by Gasteiger charge is 2.26. The second kappa shape index (κ2) is 2.58. The Balaban J connectivity index is 2.49. The lowest BCUT2D eigenvalue weighted by atomic mass is 10.3. The van der Waals surface area contributed by atoms with Crippen LogP contribution in [0.4, 0.5) is 0 Å². The average molecular weight is 138 g/mol. The molecule has 1 aliphatic rings. The fraction of sp³-hybridized carbons (Fsp3) is 0.750. The Labute approximate surface area is 58.7 Å². The summed E-state index contributed by atoms with van der Waals surface area (Å²) in [4.78, 5) is 0. The fourth-order valence-corrected chi connectivity index (χ4v) is 4.08. The molecule has 0 aromatic carbocycles. The van der Waals surface area contributed by atoms with Gasteiger partial charge in [0, 0.05) is 0 Å². The van der Waals surface area contributed by atoms with Gasteiger partial charge in [0.05, 0.1) is 0 Å². The van der Waals surface area contributed by atoms with E-state index < -0.39 is 8.07 Å². The third-order valence-electron chi connectivity index (χ3n) is 2.31. The molecule has 50 valence electrons. The maximum atomic E-state index is 5.45. The van der Waals surface area contributed by atoms with Gasteiger partial charge in [0.25, 0.3) is 0 Å². The van der Waals surface area contributed by atoms with Crippen LogP contribution in [0.15, 0.2) is 0 Å². The molecule has 0 N–H and O–H groups in total. The van der Waals surface area contributed by atoms with Gasteiger partial charge in [-0.25, -0.2) is 0 Å². The van der Waals surface area contributed by atoms with E-state index in [4.69, 9.17) is 6.42 Å². The van der Waals surface area contributed by atoms with E-state index in [0.717, 1.165) is 0 Å². The van der Waals surface area contributed by atoms with Crippen LogP contribution in [0, 0.1) is 12.0 Å². The van der Waals surface area contributed by atoms with Gasteiger partial charge in [-0.3, -0.25) is 0 Å². The van der Waals surface area contributed by atoms with Crippen LogP contribution in [-0.4, -0.2) is 8.07 Å². The van der Waals surface area contributed by atoms with Crippen molar-refractivity contribution in [1.82, 2.24) is 0 Å². The Kier molecular flexibility index (Phi) is 1.97. The van der Waals surface area contributed by atoms with Crippen molar-refractivity contribution < 1.29 is 0 Å². The lowest BCUT2D eigenvalue weighted by Gasteiger charge is -2.24. The molecule has 0 unspecified atom stereocenters. The quantitative estimate of drug-likeness (QED) is 0.356. The summed E-state index contributed by atoms with van der Waals surface area (Å²) in [7, 11) is -1.08. The molecule has 0 radical (unpaired) electrons. The Morgan fingerprint density at radius 3 is 2.11 bits per heavy atom. The molecule has 0 saturated carbocycles. The minimum atomic E-state index is -1.08. The normalized spacial score (nSPS) is 24.9. The Morgan fingerprint density at radius 1 is 1.22 bits per heavy atom. The molecule has 0 bridgehead atoms. The van der Waals surface area contributed by atoms with E-state index in [-0.39, 0.29) is 0 Å². The van der Waals surface area contributed by atoms with Gasteiger partial charge in [0.2, 0.25) is 0 Å². The summed E-state index contributed by atoms with van der Waals surface area (Å²) < 4.78 is 0. The number of rotatable bonds is 0. The van der Waals surface area contributed by atoms with E-state index in [1.807, 2.05) is 0 Å². The minimum absolute atomic E-state index is 1.08. The monoisotopic (exact) mass is 138 g/mol. The van der Waals surface area contributed by atoms with Crippen LogP contribution in [0.3, 0.4) is 0 Å². The van der Waals surface area contributed by atoms with E-state index >= 15 is 0 Å². The molecule has 0 aromatic heterocycles. The second-order valence-corrected chi connectivity index (χ2v) is 7.68. The van der Waals surface area contributed by atoms with Crippen LogP contribution in [0.2, 0.25) is 18.6 Å². The topological polar surface area (TPSA) is 0 Å². The standard InChI is InChI=1S/C8H14Si/c1-3-9(2)7-5-4-6-8-9/h1H,4-8H2,2H3. The molecule has 1 rings (SSSR count). The van der Waals surface area contributed by atoms with Crippen molar-refractivity contribution >= 4 is 8.07 Å². The maximum Gasteiger partial charge on any atom is 0.135 e. The molecule has 0 spiro atoms. The SMILES string of the molecule is C#C[Si]1(C)CCCCC1. The van der Waals surface area contributed by atoms with Crippen LogP contribution in [0.25, 0.3) is 0 Å². The summed E-state index contributed by atoms with van der Waals surface area (Å²) in [5.74, 6) is 0. The zero-order valence-corrected chi connectivity index (χ0v) is 7.11. The lowest BCUT2D eigenvalue weighted by Crippen LogP contribution is -2.30. The molecule has 1 heterocycles. The Morgan fingerprint density at radius 2 is 1.78 bits per heavy atom. The third kappa shape index (κ3) is 1.59. The summed E-state index contributed by atoms with van der Waals surface area (Å²) in [5, 5.41) is 0. The lowest BCUT2D eigenvalue weighted by molar-refractivity contribution is 0.718. The molecule has 1 heteroatoms. The molecule has 1 aliphatic heterocycles. The first-order chi connectivity index (χ1) is 4.27. The third-order valence-corrected chi connectivity index (χ3v) is 5.92. The molecule has 0 aliphatic carbocycles. The number of hydrogen-bond donors (Lipinski definition) is 0. The average Bonchev–Trinajstić information content (AvgIpc) is 1.90. The van der Waals surface area contributed by atoms with Gasteiger partial charge in [-0.1, -0.05) is 25.8 Å². The van der Waals surface area contributed by atoms with E-state index in [2.05, 4.69) is 12.1 Å². The van der Waals surface area contributed by atoms with Crippen LogP contribution in [-0.2, 0) is 0 Å². The molecule has 0 nitrogen and oxygen atoms in total. The second-order valence-electron chi connectivity index (χ2n) is 3.27. The molecule has 0 atom stereocenters. The van der Waals surface area contributed by atoms with Crippen LogP contribution < -0.4 is 0 Å². The van der Waals surface area contributed by atoms with E-state index in [1.165, 1.54) is 31.4 Å². The maximum absolute atomic E-state index is 5.45. The van der Waals surface area contributed by atoms with Crippen molar-refractivity contribution in [2.24, 2.45) is 0 Å². The minimum Gasteiger partial charge on any atom is -0.135 e. The van der Waals surface area contributed by atoms with Crippen molar-refractivity contribution in [2.75, 3.05) is 0 Å². The first-order valence-electron chi connectivity index (χ1n) is 3.75. The van der Waals surface area contributed by atoms with Gasteiger partial charge >= 0.3 is 0 Å². The van der Waals surface area contributed by atoms with Crippen molar-refractivity contribution in [3.05, 3.63) is 0 Å². The summed E-state index contributed by atoms with van der Waals surface area (Å²) in [6.45, 7) is 2.34. The molecular formula is C8H14Si. The van der Waals surface area contributed by atoms with Gasteiger partial charge in [-0.05, 0) is 12.1 Å². The molecule has 0 amide bonds. The van der Waals surface area contributed by atoms with E-state index in [9.17, 15) is 0 Å². The predicted octanol–water partition coefficient (Wildman–Crippen LogP) is 2.42. The van der Waals surface area contributed by atoms with Gasteiger partial charge < -0.3 is 0 Å². The molecule has 1 fully saturated rings. The molecular weight excluding hydrogens is 124 g/mol. The predicted molar refractivity (Wildman–Crippen MR) is 43.9 cm³/mol. The van der Waals surface area contributed by atoms with Crippen LogP contribution in [0.1, 0.15) is 19.3 Å². The van der Waals surface area contributed by atoms with Crippen molar-refractivity contribution in [1.29, 1.82) is 0 Å². The summed E-state index contributed by atoms with van der Waals surface area (Å²) in [6, 6.07) is 2.76. The first-order valence-corrected chi connectivity index (χ1v) is 6.66. The molecule has 0 aromatic rings. The Bertz CT molecular complexity index is 126. The number of hydrogen-bond acceptors (Lipinski definition) is 0. The van der Waals surface area contributed by atoms with Crippen molar-refractivity contribution in [3.63, 3.8) is 0 Å². The zero-order chi connectivity index (χ0) is 6.74. The highest BCUT2D eigenvalue weighted by Crippen LogP contribution is 2.26. The molecule has 1 saturated heterocycles. The van der Waals surface area contributed by atoms with Crippen molar-refractivity contribution in [3.8, 4) is 12.0 Å². The zero-order valence-electron chi connectivity index (χ0n) is 6.11. The fourth-order valence-electron chi connectivity index (χ4n) is 1.48. The van der Waals surface area contributed by atoms with Crippen LogP contribution >= 0.6 is 0 Å². The van der Waals surface area contributed by atoms with Gasteiger partial charge in [-0.2, -0.15) is 0 Å². The van der Waals surface area contributed by atoms with Crippen molar-refractivity contribution in [2.45, 2.75) is 37.9 Å². The summed E-state index contributed by atoms with van der Waals surface area (Å²) >= 11 is 0. The molecule has 9 heavy (non-hydrogen) atoms. The van der Waals surface area contributed by atoms with Gasteiger partial charge in [-0.15, -0.1) is 12.0 Å². The largest absolute Gasteiger partial charge is 0.135 e. The highest BCUT2D eigenvalue weighted by atomic mass is 28.3. The van der Waals surface area contributed by atoms with E-state index in [1.54, 1.807) is 0 Å². The smallest absolute Gasteiger partial charge is 0.135 e. The Hall–Kier alpha value is -0.223. The van der Waals surface area contributed by atoms with Gasteiger partial charge in [0.1, 0.15) is 8.07 Å². The first kappa shape index (κ1) is 6.89. The van der Waals surface area contributed by atoms with Gasteiger partial charge in [0.15, 0.2) is 0 Å².